The van der Waals surface area contributed by atoms with Crippen LogP contribution >= 0.6 is 23.2 Å². The Labute approximate surface area is 164 Å². The van der Waals surface area contributed by atoms with Crippen molar-refractivity contribution in [2.45, 2.75) is 0 Å². The van der Waals surface area contributed by atoms with E-state index in [9.17, 15) is 9.59 Å². The molecule has 136 valence electrons. The maximum absolute atomic E-state index is 12.7. The zero-order chi connectivity index (χ0) is 19.3. The van der Waals surface area contributed by atoms with Crippen LogP contribution in [0.25, 0.3) is 27.7 Å². The first-order valence-electron chi connectivity index (χ1n) is 8.21. The average molecular weight is 400 g/mol. The van der Waals surface area contributed by atoms with Gasteiger partial charge in [0, 0.05) is 37.4 Å². The van der Waals surface area contributed by atoms with E-state index in [1.807, 2.05) is 36.5 Å². The normalized spacial score (nSPS) is 11.3. The molecule has 0 aliphatic heterocycles. The van der Waals surface area contributed by atoms with Gasteiger partial charge in [0.05, 0.1) is 15.6 Å². The number of halogens is 2. The van der Waals surface area contributed by atoms with Gasteiger partial charge in [-0.25, -0.2) is 4.79 Å². The molecule has 5 nitrogen and oxygen atoms in total. The minimum absolute atomic E-state index is 0.362. The molecule has 0 radical (unpaired) electrons. The molecule has 0 saturated carbocycles. The highest BCUT2D eigenvalue weighted by Crippen LogP contribution is 2.35. The second kappa shape index (κ2) is 6.44. The number of rotatable bonds is 2. The van der Waals surface area contributed by atoms with E-state index in [-0.39, 0.29) is 11.2 Å². The average Bonchev–Trinajstić information content (AvgIpc) is 3.05. The standard InChI is InChI=1S/C20H15Cl2N3O2/c1-23-11-18(19(26)24(2)20(23)27)25-10-14(13-5-3-4-6-17(13)25)12-7-8-15(21)16(22)9-12/h3-11H,1-2H3. The summed E-state index contributed by atoms with van der Waals surface area (Å²) in [5.41, 5.74) is 2.32. The number of para-hydroxylation sites is 1. The van der Waals surface area contributed by atoms with E-state index < -0.39 is 0 Å². The molecule has 0 unspecified atom stereocenters. The van der Waals surface area contributed by atoms with Gasteiger partial charge >= 0.3 is 5.69 Å². The number of benzene rings is 2. The Bertz CT molecular complexity index is 1320. The summed E-state index contributed by atoms with van der Waals surface area (Å²) >= 11 is 12.2. The lowest BCUT2D eigenvalue weighted by molar-refractivity contribution is 0.677. The summed E-state index contributed by atoms with van der Waals surface area (Å²) < 4.78 is 4.29. The van der Waals surface area contributed by atoms with E-state index in [2.05, 4.69) is 0 Å². The van der Waals surface area contributed by atoms with Gasteiger partial charge in [-0.05, 0) is 23.8 Å². The molecule has 7 heteroatoms. The summed E-state index contributed by atoms with van der Waals surface area (Å²) in [6, 6.07) is 13.2. The third-order valence-corrected chi connectivity index (χ3v) is 5.37. The molecule has 0 atom stereocenters. The van der Waals surface area contributed by atoms with E-state index in [1.165, 1.54) is 11.6 Å². The lowest BCUT2D eigenvalue weighted by Gasteiger charge is -2.08. The monoisotopic (exact) mass is 399 g/mol. The Morgan fingerprint density at radius 2 is 1.63 bits per heavy atom. The molecule has 2 aromatic heterocycles. The van der Waals surface area contributed by atoms with Crippen molar-refractivity contribution < 1.29 is 0 Å². The predicted molar refractivity (Wildman–Crippen MR) is 109 cm³/mol. The molecule has 0 aliphatic carbocycles. The van der Waals surface area contributed by atoms with Crippen LogP contribution in [0, 0.1) is 0 Å². The van der Waals surface area contributed by atoms with Crippen molar-refractivity contribution in [2.75, 3.05) is 0 Å². The number of fused-ring (bicyclic) bond motifs is 1. The Balaban J connectivity index is 2.06. The largest absolute Gasteiger partial charge is 0.330 e. The van der Waals surface area contributed by atoms with E-state index in [0.29, 0.717) is 15.7 Å². The Morgan fingerprint density at radius 1 is 0.889 bits per heavy atom. The fourth-order valence-electron chi connectivity index (χ4n) is 3.23. The highest BCUT2D eigenvalue weighted by atomic mass is 35.5. The van der Waals surface area contributed by atoms with Crippen LogP contribution in [0.2, 0.25) is 10.0 Å². The molecule has 0 bridgehead atoms. The first kappa shape index (κ1) is 17.6. The van der Waals surface area contributed by atoms with Crippen LogP contribution in [0.4, 0.5) is 0 Å². The van der Waals surface area contributed by atoms with Gasteiger partial charge in [0.15, 0.2) is 0 Å². The lowest BCUT2D eigenvalue weighted by Crippen LogP contribution is -2.38. The Kier molecular flexibility index (Phi) is 4.21. The number of aryl methyl sites for hydroxylation is 1. The lowest BCUT2D eigenvalue weighted by atomic mass is 10.1. The van der Waals surface area contributed by atoms with Crippen LogP contribution in [0.1, 0.15) is 0 Å². The molecule has 0 aliphatic rings. The molecule has 2 aromatic carbocycles. The van der Waals surface area contributed by atoms with Gasteiger partial charge in [0.2, 0.25) is 0 Å². The molecule has 2 heterocycles. The van der Waals surface area contributed by atoms with E-state index >= 15 is 0 Å². The van der Waals surface area contributed by atoms with E-state index in [1.54, 1.807) is 29.9 Å². The van der Waals surface area contributed by atoms with Crippen LogP contribution in [0.3, 0.4) is 0 Å². The maximum Gasteiger partial charge on any atom is 0.330 e. The first-order valence-corrected chi connectivity index (χ1v) is 8.96. The predicted octanol–water partition coefficient (Wildman–Crippen LogP) is 4.00. The van der Waals surface area contributed by atoms with Crippen molar-refractivity contribution >= 4 is 34.1 Å². The molecule has 0 saturated heterocycles. The zero-order valence-corrected chi connectivity index (χ0v) is 16.1. The Hall–Kier alpha value is -2.76. The topological polar surface area (TPSA) is 48.9 Å². The highest BCUT2D eigenvalue weighted by Gasteiger charge is 2.16. The SMILES string of the molecule is Cn1cc(-n2cc(-c3ccc(Cl)c(Cl)c3)c3ccccc32)c(=O)n(C)c1=O. The molecular weight excluding hydrogens is 385 g/mol. The van der Waals surface area contributed by atoms with Crippen molar-refractivity contribution in [3.63, 3.8) is 0 Å². The van der Waals surface area contributed by atoms with E-state index in [0.717, 1.165) is 26.6 Å². The molecule has 27 heavy (non-hydrogen) atoms. The summed E-state index contributed by atoms with van der Waals surface area (Å²) in [6.45, 7) is 0. The number of nitrogens with zero attached hydrogens (tertiary/aromatic N) is 3. The van der Waals surface area contributed by atoms with Crippen LogP contribution < -0.4 is 11.2 Å². The van der Waals surface area contributed by atoms with Gasteiger partial charge < -0.3 is 9.13 Å². The summed E-state index contributed by atoms with van der Waals surface area (Å²) in [5, 5.41) is 1.91. The van der Waals surface area contributed by atoms with Gasteiger partial charge in [-0.2, -0.15) is 0 Å². The van der Waals surface area contributed by atoms with Crippen molar-refractivity contribution in [3.8, 4) is 16.8 Å². The van der Waals surface area contributed by atoms with Crippen molar-refractivity contribution in [2.24, 2.45) is 14.1 Å². The second-order valence-electron chi connectivity index (χ2n) is 6.33. The third kappa shape index (κ3) is 2.80. The fraction of sp³-hybridized carbons (Fsp3) is 0.100. The molecule has 0 amide bonds. The van der Waals surface area contributed by atoms with Crippen LogP contribution in [0.15, 0.2) is 64.4 Å². The quantitative estimate of drug-likeness (QED) is 0.511. The van der Waals surface area contributed by atoms with Crippen molar-refractivity contribution in [1.29, 1.82) is 0 Å². The van der Waals surface area contributed by atoms with Crippen LogP contribution in [-0.2, 0) is 14.1 Å². The van der Waals surface area contributed by atoms with Crippen LogP contribution in [-0.4, -0.2) is 13.7 Å². The minimum Gasteiger partial charge on any atom is -0.310 e. The second-order valence-corrected chi connectivity index (χ2v) is 7.15. The summed E-state index contributed by atoms with van der Waals surface area (Å²) in [5.74, 6) is 0. The molecule has 4 rings (SSSR count). The minimum atomic E-state index is -0.370. The number of hydrogen-bond acceptors (Lipinski definition) is 2. The third-order valence-electron chi connectivity index (χ3n) is 4.63. The van der Waals surface area contributed by atoms with Crippen molar-refractivity contribution in [1.82, 2.24) is 13.7 Å². The number of hydrogen-bond donors (Lipinski definition) is 0. The van der Waals surface area contributed by atoms with Gasteiger partial charge in [-0.3, -0.25) is 9.36 Å². The van der Waals surface area contributed by atoms with E-state index in [4.69, 9.17) is 23.2 Å². The smallest absolute Gasteiger partial charge is 0.310 e. The number of aromatic nitrogens is 3. The molecular formula is C20H15Cl2N3O2. The highest BCUT2D eigenvalue weighted by molar-refractivity contribution is 6.42. The van der Waals surface area contributed by atoms with Crippen molar-refractivity contribution in [3.05, 3.63) is 85.7 Å². The first-order chi connectivity index (χ1) is 12.9. The summed E-state index contributed by atoms with van der Waals surface area (Å²) in [7, 11) is 3.09. The Morgan fingerprint density at radius 3 is 2.37 bits per heavy atom. The fourth-order valence-corrected chi connectivity index (χ4v) is 3.53. The molecule has 4 aromatic rings. The summed E-state index contributed by atoms with van der Waals surface area (Å²) in [6.07, 6.45) is 3.43. The van der Waals surface area contributed by atoms with Gasteiger partial charge in [0.1, 0.15) is 5.69 Å². The van der Waals surface area contributed by atoms with Gasteiger partial charge in [-0.15, -0.1) is 0 Å². The molecule has 0 fully saturated rings. The molecule has 0 spiro atoms. The van der Waals surface area contributed by atoms with Gasteiger partial charge in [-0.1, -0.05) is 47.5 Å². The van der Waals surface area contributed by atoms with Gasteiger partial charge in [0.25, 0.3) is 5.56 Å². The zero-order valence-electron chi connectivity index (χ0n) is 14.6. The van der Waals surface area contributed by atoms with Crippen LogP contribution in [0.5, 0.6) is 0 Å². The maximum atomic E-state index is 12.7. The summed E-state index contributed by atoms with van der Waals surface area (Å²) in [4.78, 5) is 24.7. The molecule has 0 N–H and O–H groups in total.